The Morgan fingerprint density at radius 3 is 2.52 bits per heavy atom. The second kappa shape index (κ2) is 6.10. The molecule has 1 N–H and O–H groups in total. The van der Waals surface area contributed by atoms with Gasteiger partial charge in [-0.05, 0) is 42.8 Å². The normalized spacial score (nSPS) is 20.5. The van der Waals surface area contributed by atoms with Gasteiger partial charge in [-0.3, -0.25) is 9.78 Å². The molecule has 118 valence electrons. The van der Waals surface area contributed by atoms with Gasteiger partial charge in [-0.2, -0.15) is 10.1 Å². The minimum atomic E-state index is -1.50. The fraction of sp³-hybridized carbons (Fsp3) is 0.235. The second-order valence-electron chi connectivity index (χ2n) is 5.37. The number of aliphatic hydroxyl groups is 1. The molecule has 0 bridgehead atoms. The number of halogens is 1. The number of hydrazone groups is 1. The number of hydrogen-bond acceptors (Lipinski definition) is 4. The number of amides is 1. The first-order chi connectivity index (χ1) is 11.0. The first-order valence-corrected chi connectivity index (χ1v) is 7.72. The van der Waals surface area contributed by atoms with Crippen molar-refractivity contribution < 1.29 is 9.90 Å². The summed E-state index contributed by atoms with van der Waals surface area (Å²) in [6.07, 6.45) is 4.12. The van der Waals surface area contributed by atoms with Crippen LogP contribution in [-0.4, -0.2) is 26.7 Å². The molecule has 1 aromatic heterocycles. The van der Waals surface area contributed by atoms with Crippen LogP contribution >= 0.6 is 11.6 Å². The van der Waals surface area contributed by atoms with E-state index in [4.69, 9.17) is 11.6 Å². The second-order valence-corrected chi connectivity index (χ2v) is 5.81. The number of carbonyl (C=O) groups is 1. The van der Waals surface area contributed by atoms with Gasteiger partial charge in [0.15, 0.2) is 5.72 Å². The predicted octanol–water partition coefficient (Wildman–Crippen LogP) is 3.19. The Hall–Kier alpha value is -2.24. The van der Waals surface area contributed by atoms with Crippen LogP contribution in [0.15, 0.2) is 53.9 Å². The molecule has 1 aliphatic heterocycles. The minimum Gasteiger partial charge on any atom is -0.365 e. The van der Waals surface area contributed by atoms with Crippen molar-refractivity contribution in [2.45, 2.75) is 25.5 Å². The molecule has 0 aliphatic carbocycles. The smallest absolute Gasteiger partial charge is 0.276 e. The van der Waals surface area contributed by atoms with Crippen molar-refractivity contribution in [2.75, 3.05) is 0 Å². The molecule has 0 unspecified atom stereocenters. The van der Waals surface area contributed by atoms with Crippen molar-refractivity contribution in [3.05, 3.63) is 64.9 Å². The largest absolute Gasteiger partial charge is 0.365 e. The molecular formula is C17H16ClN3O2. The van der Waals surface area contributed by atoms with Gasteiger partial charge in [0.2, 0.25) is 0 Å². The third-order valence-corrected chi connectivity index (χ3v) is 4.13. The zero-order chi connectivity index (χ0) is 16.4. The Kier molecular flexibility index (Phi) is 4.15. The van der Waals surface area contributed by atoms with Crippen LogP contribution in [0.25, 0.3) is 0 Å². The van der Waals surface area contributed by atoms with Crippen LogP contribution in [0.3, 0.4) is 0 Å². The molecule has 0 radical (unpaired) electrons. The Balaban J connectivity index is 2.01. The average Bonchev–Trinajstić information content (AvgIpc) is 2.94. The molecule has 2 heterocycles. The Morgan fingerprint density at radius 1 is 1.26 bits per heavy atom. The quantitative estimate of drug-likeness (QED) is 0.940. The van der Waals surface area contributed by atoms with E-state index in [0.29, 0.717) is 22.6 Å². The lowest BCUT2D eigenvalue weighted by atomic mass is 9.97. The van der Waals surface area contributed by atoms with Crippen molar-refractivity contribution in [1.82, 2.24) is 9.99 Å². The number of nitrogens with zero attached hydrogens (tertiary/aromatic N) is 3. The summed E-state index contributed by atoms with van der Waals surface area (Å²) in [5.41, 5.74) is 0.280. The SMILES string of the molecule is CCC1=NN(C(=O)c2ccc(Cl)cc2)[C@@](O)(c2ccncc2)C1. The highest BCUT2D eigenvalue weighted by atomic mass is 35.5. The molecule has 0 fully saturated rings. The van der Waals surface area contributed by atoms with E-state index in [1.807, 2.05) is 6.92 Å². The molecule has 1 amide bonds. The highest BCUT2D eigenvalue weighted by Gasteiger charge is 2.45. The van der Waals surface area contributed by atoms with Gasteiger partial charge in [0.25, 0.3) is 5.91 Å². The highest BCUT2D eigenvalue weighted by molar-refractivity contribution is 6.30. The maximum Gasteiger partial charge on any atom is 0.276 e. The third kappa shape index (κ3) is 2.85. The van der Waals surface area contributed by atoms with Crippen LogP contribution in [0.2, 0.25) is 5.02 Å². The number of pyridine rings is 1. The van der Waals surface area contributed by atoms with Crippen molar-refractivity contribution in [2.24, 2.45) is 5.10 Å². The van der Waals surface area contributed by atoms with Crippen molar-refractivity contribution in [3.63, 3.8) is 0 Å². The van der Waals surface area contributed by atoms with Gasteiger partial charge < -0.3 is 5.11 Å². The fourth-order valence-electron chi connectivity index (χ4n) is 2.59. The lowest BCUT2D eigenvalue weighted by Gasteiger charge is -2.31. The Labute approximate surface area is 139 Å². The molecule has 2 aromatic rings. The first-order valence-electron chi connectivity index (χ1n) is 7.34. The highest BCUT2D eigenvalue weighted by Crippen LogP contribution is 2.36. The van der Waals surface area contributed by atoms with Crippen molar-refractivity contribution in [3.8, 4) is 0 Å². The van der Waals surface area contributed by atoms with Gasteiger partial charge in [0.05, 0.1) is 0 Å². The third-order valence-electron chi connectivity index (χ3n) is 3.88. The lowest BCUT2D eigenvalue weighted by molar-refractivity contribution is -0.0766. The maximum absolute atomic E-state index is 12.8. The number of aromatic nitrogens is 1. The van der Waals surface area contributed by atoms with Crippen LogP contribution in [0, 0.1) is 0 Å². The van der Waals surface area contributed by atoms with Crippen LogP contribution in [0.1, 0.15) is 35.7 Å². The van der Waals surface area contributed by atoms with Gasteiger partial charge in [0, 0.05) is 40.7 Å². The van der Waals surface area contributed by atoms with Gasteiger partial charge in [-0.15, -0.1) is 0 Å². The lowest BCUT2D eigenvalue weighted by Crippen LogP contribution is -2.43. The standard InChI is InChI=1S/C17H16ClN3O2/c1-2-15-11-17(23,13-7-9-19-10-8-13)21(20-15)16(22)12-3-5-14(18)6-4-12/h3-10,23H,2,11H2,1H3/t17-/m0/s1. The molecule has 0 saturated carbocycles. The average molecular weight is 330 g/mol. The van der Waals surface area contributed by atoms with Gasteiger partial charge in [-0.25, -0.2) is 0 Å². The molecule has 6 heteroatoms. The molecule has 5 nitrogen and oxygen atoms in total. The molecule has 3 rings (SSSR count). The molecule has 0 saturated heterocycles. The van der Waals surface area contributed by atoms with E-state index in [1.165, 1.54) is 0 Å². The van der Waals surface area contributed by atoms with Crippen LogP contribution in [0.5, 0.6) is 0 Å². The van der Waals surface area contributed by atoms with E-state index < -0.39 is 5.72 Å². The summed E-state index contributed by atoms with van der Waals surface area (Å²) < 4.78 is 0. The maximum atomic E-state index is 12.8. The first kappa shape index (κ1) is 15.6. The summed E-state index contributed by atoms with van der Waals surface area (Å²) in [6.45, 7) is 1.95. The van der Waals surface area contributed by atoms with Gasteiger partial charge >= 0.3 is 0 Å². The number of rotatable bonds is 3. The molecule has 23 heavy (non-hydrogen) atoms. The molecule has 1 atom stereocenters. The summed E-state index contributed by atoms with van der Waals surface area (Å²) in [4.78, 5) is 16.8. The van der Waals surface area contributed by atoms with E-state index in [0.717, 1.165) is 10.7 Å². The molecule has 0 spiro atoms. The summed E-state index contributed by atoms with van der Waals surface area (Å²) in [5.74, 6) is -0.371. The number of carbonyl (C=O) groups excluding carboxylic acids is 1. The molecule has 1 aromatic carbocycles. The van der Waals surface area contributed by atoms with E-state index >= 15 is 0 Å². The predicted molar refractivity (Wildman–Crippen MR) is 88.1 cm³/mol. The van der Waals surface area contributed by atoms with Crippen LogP contribution in [0.4, 0.5) is 0 Å². The minimum absolute atomic E-state index is 0.285. The number of hydrogen-bond donors (Lipinski definition) is 1. The van der Waals surface area contributed by atoms with Crippen LogP contribution < -0.4 is 0 Å². The monoisotopic (exact) mass is 329 g/mol. The summed E-state index contributed by atoms with van der Waals surface area (Å²) in [5, 5.41) is 17.2. The van der Waals surface area contributed by atoms with Gasteiger partial charge in [0.1, 0.15) is 0 Å². The van der Waals surface area contributed by atoms with Gasteiger partial charge in [-0.1, -0.05) is 18.5 Å². The zero-order valence-electron chi connectivity index (χ0n) is 12.6. The summed E-state index contributed by atoms with van der Waals surface area (Å²) in [6, 6.07) is 9.91. The number of benzene rings is 1. The van der Waals surface area contributed by atoms with Crippen molar-refractivity contribution >= 4 is 23.2 Å². The zero-order valence-corrected chi connectivity index (χ0v) is 13.4. The topological polar surface area (TPSA) is 65.8 Å². The summed E-state index contributed by atoms with van der Waals surface area (Å²) >= 11 is 5.86. The van der Waals surface area contributed by atoms with E-state index in [9.17, 15) is 9.90 Å². The van der Waals surface area contributed by atoms with Crippen molar-refractivity contribution in [1.29, 1.82) is 0 Å². The fourth-order valence-corrected chi connectivity index (χ4v) is 2.71. The molecule has 1 aliphatic rings. The van der Waals surface area contributed by atoms with E-state index in [-0.39, 0.29) is 12.3 Å². The van der Waals surface area contributed by atoms with Crippen LogP contribution in [-0.2, 0) is 5.72 Å². The molecular weight excluding hydrogens is 314 g/mol. The summed E-state index contributed by atoms with van der Waals surface area (Å²) in [7, 11) is 0. The Bertz CT molecular complexity index is 746. The van der Waals surface area contributed by atoms with E-state index in [1.54, 1.807) is 48.8 Å². The van der Waals surface area contributed by atoms with E-state index in [2.05, 4.69) is 10.1 Å². The Morgan fingerprint density at radius 2 is 1.91 bits per heavy atom.